The van der Waals surface area contributed by atoms with Gasteiger partial charge in [-0.05, 0) is 25.0 Å². The van der Waals surface area contributed by atoms with Crippen LogP contribution in [0.4, 0.5) is 4.79 Å². The zero-order chi connectivity index (χ0) is 19.5. The number of nitrogens with one attached hydrogen (secondary N) is 1. The van der Waals surface area contributed by atoms with Crippen molar-refractivity contribution in [2.24, 2.45) is 5.41 Å². The molecule has 0 radical (unpaired) electrons. The van der Waals surface area contributed by atoms with Crippen LogP contribution in [0.15, 0.2) is 29.2 Å². The molecule has 2 aliphatic heterocycles. The second kappa shape index (κ2) is 8.04. The van der Waals surface area contributed by atoms with E-state index in [1.54, 1.807) is 43.3 Å². The van der Waals surface area contributed by atoms with Crippen molar-refractivity contribution in [3.05, 3.63) is 24.3 Å². The van der Waals surface area contributed by atoms with E-state index in [1.165, 1.54) is 4.31 Å². The SMILES string of the molecule is CNC(=O)N1CCC2(CC1)COc1ccccc1S(=O)(=O)N(CCOC)C2. The third-order valence-electron chi connectivity index (χ3n) is 5.38. The number of carbonyl (C=O) groups is 1. The third kappa shape index (κ3) is 4.04. The molecule has 3 rings (SSSR count). The summed E-state index contributed by atoms with van der Waals surface area (Å²) in [7, 11) is -0.516. The Morgan fingerprint density at radius 3 is 2.67 bits per heavy atom. The Hall–Kier alpha value is -1.84. The lowest BCUT2D eigenvalue weighted by atomic mass is 9.79. The van der Waals surface area contributed by atoms with Gasteiger partial charge in [0.1, 0.15) is 10.6 Å². The Labute approximate surface area is 160 Å². The molecule has 9 heteroatoms. The summed E-state index contributed by atoms with van der Waals surface area (Å²) in [6, 6.07) is 6.64. The highest BCUT2D eigenvalue weighted by Crippen LogP contribution is 2.39. The van der Waals surface area contributed by atoms with Crippen LogP contribution in [0.3, 0.4) is 0 Å². The Morgan fingerprint density at radius 1 is 1.30 bits per heavy atom. The molecule has 0 bridgehead atoms. The minimum absolute atomic E-state index is 0.106. The fourth-order valence-electron chi connectivity index (χ4n) is 3.69. The van der Waals surface area contributed by atoms with E-state index in [-0.39, 0.29) is 22.9 Å². The lowest BCUT2D eigenvalue weighted by molar-refractivity contribution is 0.0414. The second-order valence-electron chi connectivity index (χ2n) is 7.11. The van der Waals surface area contributed by atoms with Gasteiger partial charge in [0.25, 0.3) is 0 Å². The quantitative estimate of drug-likeness (QED) is 0.826. The largest absolute Gasteiger partial charge is 0.492 e. The van der Waals surface area contributed by atoms with E-state index in [1.807, 2.05) is 0 Å². The van der Waals surface area contributed by atoms with Crippen LogP contribution >= 0.6 is 0 Å². The van der Waals surface area contributed by atoms with Crippen LogP contribution in [0.2, 0.25) is 0 Å². The van der Waals surface area contributed by atoms with Gasteiger partial charge in [-0.25, -0.2) is 13.2 Å². The minimum atomic E-state index is -3.69. The fraction of sp³-hybridized carbons (Fsp3) is 0.611. The van der Waals surface area contributed by atoms with E-state index < -0.39 is 10.0 Å². The molecule has 150 valence electrons. The zero-order valence-electron chi connectivity index (χ0n) is 15.8. The molecule has 8 nitrogen and oxygen atoms in total. The monoisotopic (exact) mass is 397 g/mol. The first-order chi connectivity index (χ1) is 12.9. The Morgan fingerprint density at radius 2 is 2.00 bits per heavy atom. The summed E-state index contributed by atoms with van der Waals surface area (Å²) in [4.78, 5) is 13.8. The van der Waals surface area contributed by atoms with Gasteiger partial charge in [-0.15, -0.1) is 0 Å². The van der Waals surface area contributed by atoms with E-state index in [4.69, 9.17) is 9.47 Å². The molecule has 2 aliphatic rings. The first-order valence-corrected chi connectivity index (χ1v) is 10.5. The number of piperidine rings is 1. The lowest BCUT2D eigenvalue weighted by Crippen LogP contribution is -2.54. The molecule has 1 spiro atoms. The third-order valence-corrected chi connectivity index (χ3v) is 7.27. The predicted molar refractivity (Wildman–Crippen MR) is 100 cm³/mol. The highest BCUT2D eigenvalue weighted by molar-refractivity contribution is 7.89. The van der Waals surface area contributed by atoms with Gasteiger partial charge in [0.05, 0.1) is 13.2 Å². The van der Waals surface area contributed by atoms with Crippen LogP contribution in [0, 0.1) is 5.41 Å². The number of ether oxygens (including phenoxy) is 2. The molecule has 2 heterocycles. The van der Waals surface area contributed by atoms with E-state index in [0.29, 0.717) is 51.4 Å². The minimum Gasteiger partial charge on any atom is -0.492 e. The van der Waals surface area contributed by atoms with Crippen LogP contribution in [0.25, 0.3) is 0 Å². The van der Waals surface area contributed by atoms with Crippen molar-refractivity contribution in [1.82, 2.24) is 14.5 Å². The van der Waals surface area contributed by atoms with Crippen molar-refractivity contribution >= 4 is 16.1 Å². The van der Waals surface area contributed by atoms with Gasteiger partial charge < -0.3 is 19.7 Å². The smallest absolute Gasteiger partial charge is 0.317 e. The van der Waals surface area contributed by atoms with Gasteiger partial charge in [-0.2, -0.15) is 4.31 Å². The van der Waals surface area contributed by atoms with Crippen LogP contribution < -0.4 is 10.1 Å². The van der Waals surface area contributed by atoms with Gasteiger partial charge in [0.15, 0.2) is 0 Å². The summed E-state index contributed by atoms with van der Waals surface area (Å²) in [6.45, 7) is 2.53. The van der Waals surface area contributed by atoms with Gasteiger partial charge in [-0.3, -0.25) is 0 Å². The Balaban J connectivity index is 1.90. The van der Waals surface area contributed by atoms with Gasteiger partial charge in [-0.1, -0.05) is 12.1 Å². The highest BCUT2D eigenvalue weighted by Gasteiger charge is 2.43. The normalized spacial score (nSPS) is 21.6. The highest BCUT2D eigenvalue weighted by atomic mass is 32.2. The average molecular weight is 397 g/mol. The molecule has 0 atom stereocenters. The predicted octanol–water partition coefficient (Wildman–Crippen LogP) is 1.14. The average Bonchev–Trinajstić information content (AvgIpc) is 2.69. The number of urea groups is 1. The van der Waals surface area contributed by atoms with Crippen LogP contribution in [0.1, 0.15) is 12.8 Å². The number of fused-ring (bicyclic) bond motifs is 1. The molecule has 27 heavy (non-hydrogen) atoms. The summed E-state index contributed by atoms with van der Waals surface area (Å²) in [5.41, 5.74) is -0.334. The molecule has 0 aromatic heterocycles. The summed E-state index contributed by atoms with van der Waals surface area (Å²) in [5.74, 6) is 0.382. The summed E-state index contributed by atoms with van der Waals surface area (Å²) < 4.78 is 39.1. The molecule has 0 saturated carbocycles. The number of hydrogen-bond acceptors (Lipinski definition) is 5. The van der Waals surface area contributed by atoms with Gasteiger partial charge in [0, 0.05) is 45.8 Å². The number of nitrogens with zero attached hydrogens (tertiary/aromatic N) is 2. The number of methoxy groups -OCH3 is 1. The Bertz CT molecular complexity index is 775. The first-order valence-electron chi connectivity index (χ1n) is 9.09. The number of carbonyl (C=O) groups excluding carboxylic acids is 1. The van der Waals surface area contributed by atoms with Crippen LogP contribution in [-0.2, 0) is 14.8 Å². The number of rotatable bonds is 3. The van der Waals surface area contributed by atoms with E-state index >= 15 is 0 Å². The summed E-state index contributed by atoms with van der Waals surface area (Å²) in [5, 5.41) is 2.64. The maximum Gasteiger partial charge on any atom is 0.317 e. The molecule has 1 fully saturated rings. The number of hydrogen-bond donors (Lipinski definition) is 1. The second-order valence-corrected chi connectivity index (χ2v) is 9.02. The topological polar surface area (TPSA) is 88.2 Å². The Kier molecular flexibility index (Phi) is 5.92. The van der Waals surface area contributed by atoms with Crippen molar-refractivity contribution in [3.8, 4) is 5.75 Å². The van der Waals surface area contributed by atoms with E-state index in [9.17, 15) is 13.2 Å². The zero-order valence-corrected chi connectivity index (χ0v) is 16.6. The standard InChI is InChI=1S/C18H27N3O5S/c1-19-17(22)20-9-7-18(8-10-20)13-21(11-12-25-2)27(23,24)16-6-4-3-5-15(16)26-14-18/h3-6H,7-14H2,1-2H3,(H,19,22). The molecule has 0 aliphatic carbocycles. The number of benzene rings is 1. The molecular weight excluding hydrogens is 370 g/mol. The molecule has 0 unspecified atom stereocenters. The van der Waals surface area contributed by atoms with E-state index in [2.05, 4.69) is 5.32 Å². The molecule has 1 saturated heterocycles. The summed E-state index contributed by atoms with van der Waals surface area (Å²) in [6.07, 6.45) is 1.36. The molecular formula is C18H27N3O5S. The number of amides is 2. The van der Waals surface area contributed by atoms with Crippen molar-refractivity contribution in [2.75, 3.05) is 53.6 Å². The van der Waals surface area contributed by atoms with E-state index in [0.717, 1.165) is 0 Å². The molecule has 1 N–H and O–H groups in total. The van der Waals surface area contributed by atoms with Crippen molar-refractivity contribution in [3.63, 3.8) is 0 Å². The number of likely N-dealkylation sites (tertiary alicyclic amines) is 1. The first kappa shape index (κ1) is 19.9. The van der Waals surface area contributed by atoms with Crippen molar-refractivity contribution < 1.29 is 22.7 Å². The molecule has 1 aromatic rings. The maximum atomic E-state index is 13.2. The van der Waals surface area contributed by atoms with Crippen LogP contribution in [0.5, 0.6) is 5.75 Å². The van der Waals surface area contributed by atoms with Crippen molar-refractivity contribution in [1.29, 1.82) is 0 Å². The summed E-state index contributed by atoms with van der Waals surface area (Å²) >= 11 is 0. The van der Waals surface area contributed by atoms with Gasteiger partial charge >= 0.3 is 6.03 Å². The van der Waals surface area contributed by atoms with Gasteiger partial charge in [0.2, 0.25) is 10.0 Å². The fourth-order valence-corrected chi connectivity index (χ4v) is 5.36. The van der Waals surface area contributed by atoms with Crippen LogP contribution in [-0.4, -0.2) is 77.2 Å². The number of sulfonamides is 1. The molecule has 2 amide bonds. The lowest BCUT2D eigenvalue weighted by Gasteiger charge is -2.44. The molecule has 1 aromatic carbocycles. The number of para-hydroxylation sites is 1. The van der Waals surface area contributed by atoms with Crippen molar-refractivity contribution in [2.45, 2.75) is 17.7 Å². The maximum absolute atomic E-state index is 13.2.